The molecule has 0 aromatic heterocycles. The summed E-state index contributed by atoms with van der Waals surface area (Å²) in [5.74, 6) is -1.63. The van der Waals surface area contributed by atoms with Crippen molar-refractivity contribution in [2.24, 2.45) is 5.92 Å². The van der Waals surface area contributed by atoms with Gasteiger partial charge in [0.05, 0.1) is 5.56 Å². The van der Waals surface area contributed by atoms with E-state index >= 15 is 0 Å². The summed E-state index contributed by atoms with van der Waals surface area (Å²) in [4.78, 5) is 26.2. The summed E-state index contributed by atoms with van der Waals surface area (Å²) < 4.78 is 50.4. The van der Waals surface area contributed by atoms with Gasteiger partial charge < -0.3 is 27.3 Å². The third kappa shape index (κ3) is 9.75. The molecular formula is C22H32BF3KNO4. The van der Waals surface area contributed by atoms with E-state index in [0.29, 0.717) is 11.1 Å². The molecule has 1 saturated heterocycles. The van der Waals surface area contributed by atoms with Crippen LogP contribution < -0.4 is 51.4 Å². The van der Waals surface area contributed by atoms with E-state index in [2.05, 4.69) is 0 Å². The van der Waals surface area contributed by atoms with Crippen molar-refractivity contribution in [2.75, 3.05) is 13.1 Å². The zero-order chi connectivity index (χ0) is 23.6. The molecule has 1 aliphatic rings. The van der Waals surface area contributed by atoms with Crippen molar-refractivity contribution in [1.82, 2.24) is 4.90 Å². The van der Waals surface area contributed by atoms with Crippen LogP contribution in [0.5, 0.6) is 0 Å². The molecule has 1 amide bonds. The zero-order valence-corrected chi connectivity index (χ0v) is 23.2. The molecule has 0 spiro atoms. The molecule has 0 bridgehead atoms. The van der Waals surface area contributed by atoms with Gasteiger partial charge in [-0.3, -0.25) is 0 Å². The molecule has 0 saturated carbocycles. The Labute approximate surface area is 231 Å². The number of ether oxygens (including phenoxy) is 2. The largest absolute Gasteiger partial charge is 1.00 e. The maximum atomic E-state index is 13.2. The summed E-state index contributed by atoms with van der Waals surface area (Å²) in [6.07, 6.45) is -1.15. The zero-order valence-electron chi connectivity index (χ0n) is 20.1. The van der Waals surface area contributed by atoms with E-state index in [1.165, 1.54) is 4.90 Å². The Balaban J connectivity index is 0.00000512. The number of carbonyl (C=O) groups is 2. The first-order valence-corrected chi connectivity index (χ1v) is 10.6. The van der Waals surface area contributed by atoms with Crippen molar-refractivity contribution < 1.29 is 83.4 Å². The minimum absolute atomic E-state index is 0. The summed E-state index contributed by atoms with van der Waals surface area (Å²) in [5.41, 5.74) is -0.346. The minimum Gasteiger partial charge on any atom is -0.456 e. The van der Waals surface area contributed by atoms with E-state index < -0.39 is 48.4 Å². The topological polar surface area (TPSA) is 55.8 Å². The molecule has 1 fully saturated rings. The van der Waals surface area contributed by atoms with E-state index in [1.54, 1.807) is 65.8 Å². The summed E-state index contributed by atoms with van der Waals surface area (Å²) in [6, 6.07) is 6.43. The molecule has 10 heteroatoms. The van der Waals surface area contributed by atoms with E-state index in [4.69, 9.17) is 9.47 Å². The van der Waals surface area contributed by atoms with Crippen molar-refractivity contribution >= 4 is 19.0 Å². The van der Waals surface area contributed by atoms with Crippen LogP contribution in [0.4, 0.5) is 17.7 Å². The summed E-state index contributed by atoms with van der Waals surface area (Å²) in [5, 5.41) is 0. The number of benzene rings is 1. The van der Waals surface area contributed by atoms with E-state index in [0.717, 1.165) is 0 Å². The molecule has 174 valence electrons. The molecule has 1 aromatic carbocycles. The van der Waals surface area contributed by atoms with Gasteiger partial charge in [-0.1, -0.05) is 24.4 Å². The molecule has 0 unspecified atom stereocenters. The van der Waals surface area contributed by atoms with Crippen LogP contribution in [-0.2, 0) is 9.47 Å². The van der Waals surface area contributed by atoms with Crippen LogP contribution in [0.3, 0.4) is 0 Å². The Morgan fingerprint density at radius 1 is 1.00 bits per heavy atom. The predicted molar refractivity (Wildman–Crippen MR) is 114 cm³/mol. The molecule has 5 nitrogen and oxygen atoms in total. The first-order valence-electron chi connectivity index (χ1n) is 10.6. The third-order valence-electron chi connectivity index (χ3n) is 4.95. The van der Waals surface area contributed by atoms with Crippen molar-refractivity contribution in [3.05, 3.63) is 35.4 Å². The van der Waals surface area contributed by atoms with E-state index in [-0.39, 0.29) is 70.9 Å². The predicted octanol–water partition coefficient (Wildman–Crippen LogP) is 2.83. The smallest absolute Gasteiger partial charge is 0.456 e. The first kappa shape index (κ1) is 29.5. The van der Waals surface area contributed by atoms with Crippen molar-refractivity contribution in [3.8, 4) is 0 Å². The molecule has 1 aromatic rings. The fraction of sp³-hybridized carbons (Fsp3) is 0.636. The van der Waals surface area contributed by atoms with Crippen LogP contribution >= 0.6 is 0 Å². The number of amides is 1. The number of halogens is 3. The fourth-order valence-electron chi connectivity index (χ4n) is 3.70. The van der Waals surface area contributed by atoms with Crippen LogP contribution in [0.1, 0.15) is 69.8 Å². The van der Waals surface area contributed by atoms with Gasteiger partial charge in [0.2, 0.25) is 0 Å². The number of piperidine rings is 1. The van der Waals surface area contributed by atoms with Gasteiger partial charge in [-0.2, -0.15) is 0 Å². The standard InChI is InChI=1S/C22H32BF3NO4.K/c1-21(2,3)30-19(28)16-9-7-15(8-10-16)18-14-27(20(29)31-22(4,5)6)12-11-17(18)13-23(24,25)26;/h7-10,17-18H,11-14H2,1-6H3;/q-1;+1/t17-,18-;/m0./s1. The van der Waals surface area contributed by atoms with Gasteiger partial charge in [-0.15, -0.1) is 0 Å². The number of hydrogen-bond donors (Lipinski definition) is 0. The maximum Gasteiger partial charge on any atom is 1.00 e. The maximum absolute atomic E-state index is 13.2. The molecule has 32 heavy (non-hydrogen) atoms. The average molecular weight is 481 g/mol. The second-order valence-corrected chi connectivity index (χ2v) is 10.2. The van der Waals surface area contributed by atoms with Crippen LogP contribution in [0.2, 0.25) is 6.32 Å². The molecule has 2 rings (SSSR count). The molecule has 1 heterocycles. The van der Waals surface area contributed by atoms with Gasteiger partial charge in [0, 0.05) is 19.0 Å². The first-order chi connectivity index (χ1) is 14.0. The third-order valence-corrected chi connectivity index (χ3v) is 4.95. The quantitative estimate of drug-likeness (QED) is 0.491. The molecule has 0 radical (unpaired) electrons. The van der Waals surface area contributed by atoms with Crippen molar-refractivity contribution in [2.45, 2.75) is 71.4 Å². The number of esters is 1. The number of rotatable bonds is 4. The van der Waals surface area contributed by atoms with E-state index in [9.17, 15) is 22.5 Å². The van der Waals surface area contributed by atoms with Crippen LogP contribution in [-0.4, -0.2) is 48.2 Å². The monoisotopic (exact) mass is 481 g/mol. The Morgan fingerprint density at radius 2 is 1.53 bits per heavy atom. The Kier molecular flexibility index (Phi) is 10.4. The van der Waals surface area contributed by atoms with Crippen LogP contribution in [0.15, 0.2) is 24.3 Å². The normalized spacial score (nSPS) is 19.7. The second-order valence-electron chi connectivity index (χ2n) is 10.2. The molecule has 0 aliphatic carbocycles. The summed E-state index contributed by atoms with van der Waals surface area (Å²) in [7, 11) is 0. The number of nitrogens with zero attached hydrogens (tertiary/aromatic N) is 1. The van der Waals surface area contributed by atoms with Gasteiger partial charge in [-0.05, 0) is 65.7 Å². The molecule has 2 atom stereocenters. The van der Waals surface area contributed by atoms with Gasteiger partial charge in [0.15, 0.2) is 0 Å². The average Bonchev–Trinajstić information content (AvgIpc) is 2.58. The number of carbonyl (C=O) groups excluding carboxylic acids is 2. The van der Waals surface area contributed by atoms with Crippen LogP contribution in [0, 0.1) is 5.92 Å². The number of likely N-dealkylation sites (tertiary alicyclic amines) is 1. The molecule has 0 N–H and O–H groups in total. The summed E-state index contributed by atoms with van der Waals surface area (Å²) in [6.45, 7) is 5.92. The van der Waals surface area contributed by atoms with Crippen LogP contribution in [0.25, 0.3) is 0 Å². The van der Waals surface area contributed by atoms with Crippen molar-refractivity contribution in [1.29, 1.82) is 0 Å². The summed E-state index contributed by atoms with van der Waals surface area (Å²) >= 11 is 0. The van der Waals surface area contributed by atoms with E-state index in [1.807, 2.05) is 0 Å². The second kappa shape index (κ2) is 11.3. The fourth-order valence-corrected chi connectivity index (χ4v) is 3.70. The SMILES string of the molecule is CC(C)(C)OC(=O)c1ccc([C@@H]2CN(C(=O)OC(C)(C)C)CC[C@H]2C[B-](F)(F)F)cc1.[K+]. The number of hydrogen-bond acceptors (Lipinski definition) is 4. The van der Waals surface area contributed by atoms with Gasteiger partial charge in [0.1, 0.15) is 11.2 Å². The van der Waals surface area contributed by atoms with Gasteiger partial charge in [0.25, 0.3) is 0 Å². The minimum atomic E-state index is -4.96. The Bertz CT molecular complexity index is 788. The van der Waals surface area contributed by atoms with Gasteiger partial charge in [-0.25, -0.2) is 9.59 Å². The molecule has 1 aliphatic heterocycles. The molecular weight excluding hydrogens is 449 g/mol. The Hall–Kier alpha value is -0.549. The van der Waals surface area contributed by atoms with Gasteiger partial charge >= 0.3 is 70.4 Å². The Morgan fingerprint density at radius 3 is 2.00 bits per heavy atom. The van der Waals surface area contributed by atoms with Crippen molar-refractivity contribution in [3.63, 3.8) is 0 Å².